The number of methoxy groups -OCH3 is 3. The second-order valence-electron chi connectivity index (χ2n) is 5.37. The molecule has 0 amide bonds. The van der Waals surface area contributed by atoms with Gasteiger partial charge in [0.15, 0.2) is 11.5 Å². The third kappa shape index (κ3) is 2.67. The summed E-state index contributed by atoms with van der Waals surface area (Å²) < 4.78 is 16.5. The van der Waals surface area contributed by atoms with Crippen LogP contribution in [0.5, 0.6) is 0 Å². The molecule has 0 heterocycles. The molecule has 0 spiro atoms. The van der Waals surface area contributed by atoms with Crippen LogP contribution in [-0.4, -0.2) is 32.9 Å². The van der Waals surface area contributed by atoms with E-state index in [9.17, 15) is 4.79 Å². The highest BCUT2D eigenvalue weighted by Gasteiger charge is 2.54. The summed E-state index contributed by atoms with van der Waals surface area (Å²) in [5.74, 6) is -1.64. The van der Waals surface area contributed by atoms with Gasteiger partial charge in [0, 0.05) is 26.1 Å². The van der Waals surface area contributed by atoms with E-state index in [4.69, 9.17) is 25.8 Å². The molecular formula is C17H21ClO4. The molecule has 2 rings (SSSR count). The van der Waals surface area contributed by atoms with Crippen molar-refractivity contribution in [3.63, 3.8) is 0 Å². The average Bonchev–Trinajstić information content (AvgIpc) is 2.56. The molecule has 1 aromatic rings. The highest BCUT2D eigenvalue weighted by molar-refractivity contribution is 6.43. The Kier molecular flexibility index (Phi) is 5.27. The maximum absolute atomic E-state index is 12.6. The van der Waals surface area contributed by atoms with E-state index in [1.54, 1.807) is 0 Å². The quantitative estimate of drug-likeness (QED) is 0.780. The molecule has 4 nitrogen and oxygen atoms in total. The maximum atomic E-state index is 12.6. The fourth-order valence-corrected chi connectivity index (χ4v) is 3.49. The standard InChI is InChI=1S/C17H21ClO4/c1-11-13(10-12-8-6-5-7-9-12)15(19)14(18)16(20-2)17(11,21-3)22-4/h5-9,11,13H,10H2,1-4H3. The summed E-state index contributed by atoms with van der Waals surface area (Å²) in [5.41, 5.74) is 1.07. The fraction of sp³-hybridized carbons (Fsp3) is 0.471. The molecule has 2 unspecified atom stereocenters. The van der Waals surface area contributed by atoms with Gasteiger partial charge in [-0.3, -0.25) is 4.79 Å². The minimum Gasteiger partial charge on any atom is -0.494 e. The zero-order valence-corrected chi connectivity index (χ0v) is 14.0. The summed E-state index contributed by atoms with van der Waals surface area (Å²) in [6, 6.07) is 9.83. The first-order chi connectivity index (χ1) is 10.5. The topological polar surface area (TPSA) is 44.8 Å². The zero-order valence-electron chi connectivity index (χ0n) is 13.3. The van der Waals surface area contributed by atoms with Gasteiger partial charge in [-0.1, -0.05) is 48.9 Å². The number of ether oxygens (including phenoxy) is 3. The van der Waals surface area contributed by atoms with E-state index in [2.05, 4.69) is 0 Å². The van der Waals surface area contributed by atoms with E-state index < -0.39 is 5.79 Å². The van der Waals surface area contributed by atoms with Crippen molar-refractivity contribution in [1.82, 2.24) is 0 Å². The van der Waals surface area contributed by atoms with Crippen molar-refractivity contribution in [2.24, 2.45) is 11.8 Å². The molecule has 0 N–H and O–H groups in total. The molecule has 1 aromatic carbocycles. The monoisotopic (exact) mass is 324 g/mol. The molecule has 5 heteroatoms. The van der Waals surface area contributed by atoms with Crippen LogP contribution in [0, 0.1) is 11.8 Å². The van der Waals surface area contributed by atoms with Crippen molar-refractivity contribution in [2.45, 2.75) is 19.1 Å². The number of rotatable bonds is 5. The van der Waals surface area contributed by atoms with Crippen molar-refractivity contribution in [3.8, 4) is 0 Å². The van der Waals surface area contributed by atoms with E-state index in [-0.39, 0.29) is 28.4 Å². The van der Waals surface area contributed by atoms with E-state index in [1.807, 2.05) is 37.3 Å². The molecule has 0 aromatic heterocycles. The highest BCUT2D eigenvalue weighted by atomic mass is 35.5. The summed E-state index contributed by atoms with van der Waals surface area (Å²) in [6.07, 6.45) is 0.572. The lowest BCUT2D eigenvalue weighted by Crippen LogP contribution is -2.52. The summed E-state index contributed by atoms with van der Waals surface area (Å²) in [5, 5.41) is 0.0465. The van der Waals surface area contributed by atoms with Crippen molar-refractivity contribution in [3.05, 3.63) is 46.7 Å². The number of allylic oxidation sites excluding steroid dienone is 1. The van der Waals surface area contributed by atoms with Crippen LogP contribution >= 0.6 is 11.6 Å². The number of benzene rings is 1. The number of carbonyl (C=O) groups excluding carboxylic acids is 1. The Hall–Kier alpha value is -1.36. The van der Waals surface area contributed by atoms with Crippen molar-refractivity contribution < 1.29 is 19.0 Å². The van der Waals surface area contributed by atoms with Gasteiger partial charge in [0.05, 0.1) is 7.11 Å². The van der Waals surface area contributed by atoms with E-state index >= 15 is 0 Å². The third-order valence-electron chi connectivity index (χ3n) is 4.38. The lowest BCUT2D eigenvalue weighted by Gasteiger charge is -2.43. The number of carbonyl (C=O) groups is 1. The maximum Gasteiger partial charge on any atom is 0.232 e. The van der Waals surface area contributed by atoms with Gasteiger partial charge < -0.3 is 14.2 Å². The highest BCUT2D eigenvalue weighted by Crippen LogP contribution is 2.45. The smallest absolute Gasteiger partial charge is 0.232 e. The lowest BCUT2D eigenvalue weighted by molar-refractivity contribution is -0.241. The van der Waals surface area contributed by atoms with Crippen LogP contribution in [0.1, 0.15) is 12.5 Å². The second kappa shape index (κ2) is 6.82. The fourth-order valence-electron chi connectivity index (χ4n) is 3.14. The molecule has 0 aliphatic heterocycles. The lowest BCUT2D eigenvalue weighted by atomic mass is 9.75. The Labute approximate surface area is 136 Å². The van der Waals surface area contributed by atoms with Gasteiger partial charge in [0.1, 0.15) is 5.03 Å². The third-order valence-corrected chi connectivity index (χ3v) is 4.74. The Bertz CT molecular complexity index is 563. The van der Waals surface area contributed by atoms with Gasteiger partial charge in [-0.2, -0.15) is 0 Å². The minimum absolute atomic E-state index is 0.0465. The average molecular weight is 325 g/mol. The van der Waals surface area contributed by atoms with Crippen LogP contribution in [0.25, 0.3) is 0 Å². The van der Waals surface area contributed by atoms with E-state index in [1.165, 1.54) is 21.3 Å². The first-order valence-corrected chi connectivity index (χ1v) is 7.52. The molecule has 22 heavy (non-hydrogen) atoms. The van der Waals surface area contributed by atoms with Gasteiger partial charge >= 0.3 is 0 Å². The number of ketones is 1. The largest absolute Gasteiger partial charge is 0.494 e. The Morgan fingerprint density at radius 1 is 1.14 bits per heavy atom. The Balaban J connectivity index is 2.45. The van der Waals surface area contributed by atoms with Crippen LogP contribution in [0.3, 0.4) is 0 Å². The van der Waals surface area contributed by atoms with Crippen LogP contribution < -0.4 is 0 Å². The van der Waals surface area contributed by atoms with Gasteiger partial charge in [0.2, 0.25) is 5.79 Å². The van der Waals surface area contributed by atoms with Gasteiger partial charge in [-0.15, -0.1) is 0 Å². The van der Waals surface area contributed by atoms with Crippen molar-refractivity contribution in [1.29, 1.82) is 0 Å². The Morgan fingerprint density at radius 3 is 2.23 bits per heavy atom. The van der Waals surface area contributed by atoms with Crippen molar-refractivity contribution >= 4 is 17.4 Å². The molecule has 120 valence electrons. The Morgan fingerprint density at radius 2 is 1.73 bits per heavy atom. The molecule has 0 radical (unpaired) electrons. The molecule has 1 aliphatic rings. The van der Waals surface area contributed by atoms with Gasteiger partial charge in [0.25, 0.3) is 0 Å². The molecule has 2 atom stereocenters. The first-order valence-electron chi connectivity index (χ1n) is 7.14. The normalized spacial score (nSPS) is 24.5. The van der Waals surface area contributed by atoms with E-state index in [0.717, 1.165) is 5.56 Å². The molecule has 0 fully saturated rings. The summed E-state index contributed by atoms with van der Waals surface area (Å²) >= 11 is 6.25. The molecule has 1 aliphatic carbocycles. The van der Waals surface area contributed by atoms with E-state index in [0.29, 0.717) is 6.42 Å². The number of Topliss-reactive ketones (excluding diaryl/α,β-unsaturated/α-hetero) is 1. The van der Waals surface area contributed by atoms with Crippen LogP contribution in [0.2, 0.25) is 0 Å². The molecular weight excluding hydrogens is 304 g/mol. The summed E-state index contributed by atoms with van der Waals surface area (Å²) in [4.78, 5) is 12.6. The number of halogens is 1. The predicted octanol–water partition coefficient (Wildman–Crippen LogP) is 3.15. The van der Waals surface area contributed by atoms with Gasteiger partial charge in [-0.25, -0.2) is 0 Å². The molecule has 0 saturated carbocycles. The minimum atomic E-state index is -1.15. The van der Waals surface area contributed by atoms with Crippen molar-refractivity contribution in [2.75, 3.05) is 21.3 Å². The number of hydrogen-bond donors (Lipinski definition) is 0. The number of hydrogen-bond acceptors (Lipinski definition) is 4. The summed E-state index contributed by atoms with van der Waals surface area (Å²) in [6.45, 7) is 1.92. The zero-order chi connectivity index (χ0) is 16.3. The first kappa shape index (κ1) is 17.0. The van der Waals surface area contributed by atoms with Crippen LogP contribution in [0.15, 0.2) is 41.1 Å². The SMILES string of the molecule is COC1=C(Cl)C(=O)C(Cc2ccccc2)C(C)C1(OC)OC. The summed E-state index contributed by atoms with van der Waals surface area (Å²) in [7, 11) is 4.51. The van der Waals surface area contributed by atoms with Crippen LogP contribution in [-0.2, 0) is 25.4 Å². The predicted molar refractivity (Wildman–Crippen MR) is 84.4 cm³/mol. The van der Waals surface area contributed by atoms with Gasteiger partial charge in [-0.05, 0) is 12.0 Å². The second-order valence-corrected chi connectivity index (χ2v) is 5.75. The molecule has 0 saturated heterocycles. The molecule has 0 bridgehead atoms. The van der Waals surface area contributed by atoms with Crippen LogP contribution in [0.4, 0.5) is 0 Å².